The molecule has 2 atom stereocenters. The normalized spacial score (nSPS) is 14.7. The second-order valence-electron chi connectivity index (χ2n) is 11.4. The number of carbonyl (C=O) groups excluding carboxylic acids is 2. The van der Waals surface area contributed by atoms with Gasteiger partial charge in [0.2, 0.25) is 33.0 Å². The molecule has 0 radical (unpaired) electrons. The van der Waals surface area contributed by atoms with Crippen molar-refractivity contribution >= 4 is 27.5 Å². The smallest absolute Gasteiger partial charge is 0.243 e. The van der Waals surface area contributed by atoms with Gasteiger partial charge in [-0.05, 0) is 71.3 Å². The van der Waals surface area contributed by atoms with Crippen molar-refractivity contribution in [1.29, 1.82) is 0 Å². The first-order valence-corrected chi connectivity index (χ1v) is 16.3. The minimum Gasteiger partial charge on any atom is -0.493 e. The number of sulfonamides is 1. The molecule has 2 amide bonds. The first-order valence-electron chi connectivity index (χ1n) is 14.7. The molecule has 0 bridgehead atoms. The summed E-state index contributed by atoms with van der Waals surface area (Å²) in [7, 11) is 0.760. The maximum absolute atomic E-state index is 13.8. The van der Waals surface area contributed by atoms with E-state index in [1.54, 1.807) is 31.4 Å². The molecule has 0 saturated heterocycles. The molecule has 246 valence electrons. The lowest BCUT2D eigenvalue weighted by molar-refractivity contribution is -0.123. The van der Waals surface area contributed by atoms with Gasteiger partial charge in [0.05, 0.1) is 38.0 Å². The van der Waals surface area contributed by atoms with E-state index in [0.717, 1.165) is 11.1 Å². The van der Waals surface area contributed by atoms with E-state index in [1.807, 2.05) is 19.9 Å². The van der Waals surface area contributed by atoms with E-state index in [1.165, 1.54) is 39.3 Å². The molecular weight excluding hydrogens is 612 g/mol. The van der Waals surface area contributed by atoms with Crippen molar-refractivity contribution in [2.45, 2.75) is 57.1 Å². The van der Waals surface area contributed by atoms with Crippen LogP contribution in [0.15, 0.2) is 58.2 Å². The average Bonchev–Trinajstić information content (AvgIpc) is 3.25. The summed E-state index contributed by atoms with van der Waals surface area (Å²) in [5.41, 5.74) is 3.39. The van der Waals surface area contributed by atoms with Gasteiger partial charge in [0.25, 0.3) is 0 Å². The van der Waals surface area contributed by atoms with Crippen molar-refractivity contribution in [2.75, 3.05) is 26.6 Å². The van der Waals surface area contributed by atoms with Gasteiger partial charge < -0.3 is 30.2 Å². The average molecular weight is 653 g/mol. The number of rotatable bonds is 11. The third-order valence-corrected chi connectivity index (χ3v) is 8.82. The molecule has 0 aromatic heterocycles. The molecule has 0 heterocycles. The van der Waals surface area contributed by atoms with Crippen molar-refractivity contribution in [3.05, 3.63) is 75.4 Å². The molecular formula is C33H40N4O8S. The minimum absolute atomic E-state index is 0.0267. The summed E-state index contributed by atoms with van der Waals surface area (Å²) >= 11 is 0. The first kappa shape index (κ1) is 34.3. The fraction of sp³-hybridized carbons (Fsp3) is 0.364. The van der Waals surface area contributed by atoms with Gasteiger partial charge in [0.15, 0.2) is 11.5 Å². The van der Waals surface area contributed by atoms with Crippen LogP contribution in [0.5, 0.6) is 17.2 Å². The van der Waals surface area contributed by atoms with Crippen LogP contribution in [0.1, 0.15) is 49.9 Å². The SMILES string of the molecule is COc1cc2c(c(OC)c1OC)-c1ccc(N[C@H](C(=O)NCc3ccc(S(N)(=O)=O)cc3)C(C)C)c(=O)cc1[C@@H](NC(C)=O)CC2. The summed E-state index contributed by atoms with van der Waals surface area (Å²) in [6.07, 6.45) is 1.08. The molecule has 1 aliphatic rings. The third kappa shape index (κ3) is 7.43. The van der Waals surface area contributed by atoms with Crippen molar-refractivity contribution in [2.24, 2.45) is 11.1 Å². The predicted octanol–water partition coefficient (Wildman–Crippen LogP) is 3.26. The Kier molecular flexibility index (Phi) is 10.6. The second-order valence-corrected chi connectivity index (χ2v) is 12.9. The molecule has 0 aliphatic heterocycles. The number of nitrogens with two attached hydrogens (primary N) is 1. The molecule has 1 aliphatic carbocycles. The number of nitrogens with one attached hydrogen (secondary N) is 3. The van der Waals surface area contributed by atoms with Crippen molar-refractivity contribution in [3.63, 3.8) is 0 Å². The molecule has 13 heteroatoms. The number of amides is 2. The summed E-state index contributed by atoms with van der Waals surface area (Å²) in [6.45, 7) is 5.28. The largest absolute Gasteiger partial charge is 0.493 e. The highest BCUT2D eigenvalue weighted by molar-refractivity contribution is 7.89. The van der Waals surface area contributed by atoms with Crippen molar-refractivity contribution in [1.82, 2.24) is 10.6 Å². The molecule has 0 spiro atoms. The summed E-state index contributed by atoms with van der Waals surface area (Å²) in [5, 5.41) is 14.1. The van der Waals surface area contributed by atoms with E-state index in [4.69, 9.17) is 19.3 Å². The van der Waals surface area contributed by atoms with Crippen LogP contribution in [0.4, 0.5) is 5.69 Å². The quantitative estimate of drug-likeness (QED) is 0.242. The van der Waals surface area contributed by atoms with E-state index in [-0.39, 0.29) is 40.3 Å². The van der Waals surface area contributed by atoms with Crippen LogP contribution >= 0.6 is 0 Å². The molecule has 0 unspecified atom stereocenters. The highest BCUT2D eigenvalue weighted by atomic mass is 32.2. The number of fused-ring (bicyclic) bond motifs is 3. The predicted molar refractivity (Wildman–Crippen MR) is 175 cm³/mol. The minimum atomic E-state index is -3.83. The molecule has 0 saturated carbocycles. The maximum Gasteiger partial charge on any atom is 0.243 e. The maximum atomic E-state index is 13.8. The molecule has 5 N–H and O–H groups in total. The Morgan fingerprint density at radius 2 is 1.65 bits per heavy atom. The number of methoxy groups -OCH3 is 3. The fourth-order valence-corrected chi connectivity index (χ4v) is 6.14. The van der Waals surface area contributed by atoms with E-state index in [9.17, 15) is 22.8 Å². The van der Waals surface area contributed by atoms with Crippen molar-refractivity contribution < 1.29 is 32.2 Å². The standard InChI is InChI=1S/C33H40N4O8S/c1-18(2)30(33(40)35-17-20-7-10-22(11-8-20)46(34,41)42)37-26-14-12-23-24(16-27(26)39)25(36-19(3)38)13-9-21-15-28(43-4)31(44-5)32(45-6)29(21)23/h7-8,10-12,14-16,18,25,30H,9,13,17H2,1-6H3,(H,35,40)(H,36,38)(H,37,39)(H2,34,41,42)/t25-,30-/m0/s1. The summed E-state index contributed by atoms with van der Waals surface area (Å²) < 4.78 is 40.2. The zero-order chi connectivity index (χ0) is 33.8. The van der Waals surface area contributed by atoms with Crippen LogP contribution in [0, 0.1) is 5.92 Å². The van der Waals surface area contributed by atoms with Gasteiger partial charge in [-0.25, -0.2) is 13.6 Å². The highest BCUT2D eigenvalue weighted by Gasteiger charge is 2.30. The Bertz CT molecular complexity index is 1790. The van der Waals surface area contributed by atoms with E-state index < -0.39 is 22.1 Å². The van der Waals surface area contributed by atoms with Crippen molar-refractivity contribution in [3.8, 4) is 28.4 Å². The molecule has 3 aromatic rings. The third-order valence-electron chi connectivity index (χ3n) is 7.89. The second kappa shape index (κ2) is 14.2. The Hall–Kier alpha value is -4.62. The van der Waals surface area contributed by atoms with E-state index in [0.29, 0.717) is 46.8 Å². The molecule has 4 rings (SSSR count). The zero-order valence-electron chi connectivity index (χ0n) is 26.7. The van der Waals surface area contributed by atoms with Gasteiger partial charge in [-0.2, -0.15) is 0 Å². The highest BCUT2D eigenvalue weighted by Crippen LogP contribution is 2.50. The monoisotopic (exact) mass is 652 g/mol. The number of aryl methyl sites for hydroxylation is 1. The fourth-order valence-electron chi connectivity index (χ4n) is 5.63. The van der Waals surface area contributed by atoms with E-state index in [2.05, 4.69) is 16.0 Å². The number of anilines is 1. The van der Waals surface area contributed by atoms with Gasteiger partial charge in [0, 0.05) is 19.0 Å². The van der Waals surface area contributed by atoms with E-state index >= 15 is 0 Å². The lowest BCUT2D eigenvalue weighted by Gasteiger charge is -2.22. The van der Waals surface area contributed by atoms with Crippen LogP contribution in [0.2, 0.25) is 0 Å². The number of ether oxygens (including phenoxy) is 3. The molecule has 3 aromatic carbocycles. The summed E-state index contributed by atoms with van der Waals surface area (Å²) in [5.74, 6) is 0.533. The van der Waals surface area contributed by atoms with Crippen LogP contribution in [-0.2, 0) is 32.6 Å². The zero-order valence-corrected chi connectivity index (χ0v) is 27.5. The van der Waals surface area contributed by atoms with Crippen LogP contribution in [0.25, 0.3) is 11.1 Å². The van der Waals surface area contributed by atoms with Gasteiger partial charge in [-0.1, -0.05) is 32.0 Å². The van der Waals surface area contributed by atoms with Crippen LogP contribution < -0.4 is 40.7 Å². The Morgan fingerprint density at radius 3 is 2.22 bits per heavy atom. The van der Waals surface area contributed by atoms with Crippen LogP contribution in [-0.4, -0.2) is 47.6 Å². The lowest BCUT2D eigenvalue weighted by atomic mass is 9.95. The Balaban J connectivity index is 1.74. The summed E-state index contributed by atoms with van der Waals surface area (Å²) in [6, 6.07) is 11.4. The van der Waals surface area contributed by atoms with Gasteiger partial charge in [-0.15, -0.1) is 0 Å². The van der Waals surface area contributed by atoms with Gasteiger partial charge in [0.1, 0.15) is 6.04 Å². The number of primary sulfonamides is 1. The number of hydrogen-bond donors (Lipinski definition) is 4. The molecule has 12 nitrogen and oxygen atoms in total. The Morgan fingerprint density at radius 1 is 0.978 bits per heavy atom. The Labute approximate surface area is 268 Å². The van der Waals surface area contributed by atoms with Crippen LogP contribution in [0.3, 0.4) is 0 Å². The van der Waals surface area contributed by atoms with Gasteiger partial charge in [-0.3, -0.25) is 14.4 Å². The number of carbonyl (C=O) groups is 2. The number of benzene rings is 2. The first-order chi connectivity index (χ1) is 21.8. The number of hydrogen-bond acceptors (Lipinski definition) is 9. The lowest BCUT2D eigenvalue weighted by Crippen LogP contribution is -2.43. The van der Waals surface area contributed by atoms with Gasteiger partial charge >= 0.3 is 0 Å². The summed E-state index contributed by atoms with van der Waals surface area (Å²) in [4.78, 5) is 39.3. The molecule has 0 fully saturated rings. The topological polar surface area (TPSA) is 175 Å². The molecule has 46 heavy (non-hydrogen) atoms.